The van der Waals surface area contributed by atoms with Gasteiger partial charge in [0, 0.05) is 31.3 Å². The van der Waals surface area contributed by atoms with Crippen molar-refractivity contribution >= 4 is 17.8 Å². The molecule has 1 aromatic rings. The molecule has 1 aromatic heterocycles. The Morgan fingerprint density at radius 3 is 2.82 bits per heavy atom. The summed E-state index contributed by atoms with van der Waals surface area (Å²) in [6, 6.07) is -0.833. The Hall–Kier alpha value is -3.53. The number of rotatable bonds is 2. The predicted molar refractivity (Wildman–Crippen MR) is 143 cm³/mol. The number of esters is 1. The number of nitrogens with zero attached hydrogens (tertiary/aromatic N) is 2. The summed E-state index contributed by atoms with van der Waals surface area (Å²) in [4.78, 5) is 44.4. The van der Waals surface area contributed by atoms with Crippen molar-refractivity contribution < 1.29 is 33.0 Å². The van der Waals surface area contributed by atoms with Crippen LogP contribution in [0.4, 0.5) is 4.39 Å². The van der Waals surface area contributed by atoms with E-state index in [-0.39, 0.29) is 36.9 Å². The number of halogens is 1. The van der Waals surface area contributed by atoms with Crippen LogP contribution in [0, 0.1) is 11.8 Å². The number of nitrogens with one attached hydrogen (secondary N) is 1. The molecule has 0 radical (unpaired) electrons. The molecule has 5 atom stereocenters. The number of carbonyl (C=O) groups excluding carboxylic acids is 3. The molecule has 10 heteroatoms. The highest BCUT2D eigenvalue weighted by atomic mass is 19.1. The summed E-state index contributed by atoms with van der Waals surface area (Å²) in [5.41, 5.74) is 1.54. The van der Waals surface area contributed by atoms with E-state index in [4.69, 9.17) is 9.15 Å². The van der Waals surface area contributed by atoms with Gasteiger partial charge < -0.3 is 24.5 Å². The van der Waals surface area contributed by atoms with Gasteiger partial charge in [-0.1, -0.05) is 55.9 Å². The van der Waals surface area contributed by atoms with Gasteiger partial charge in [-0.2, -0.15) is 0 Å². The van der Waals surface area contributed by atoms with Crippen molar-refractivity contribution in [1.82, 2.24) is 15.2 Å². The number of allylic oxidation sites excluding steroid dienone is 2. The van der Waals surface area contributed by atoms with E-state index in [1.54, 1.807) is 38.2 Å². The van der Waals surface area contributed by atoms with Crippen molar-refractivity contribution in [2.45, 2.75) is 64.7 Å². The lowest BCUT2D eigenvalue weighted by Crippen LogP contribution is -2.44. The first-order valence-electron chi connectivity index (χ1n) is 13.3. The molecule has 9 nitrogen and oxygen atoms in total. The number of aliphatic hydroxyl groups excluding tert-OH is 1. The lowest BCUT2D eigenvalue weighted by atomic mass is 9.93. The minimum atomic E-state index is -0.833. The van der Waals surface area contributed by atoms with E-state index in [1.165, 1.54) is 17.2 Å². The molecule has 0 saturated carbocycles. The van der Waals surface area contributed by atoms with Crippen molar-refractivity contribution in [3.05, 3.63) is 66.0 Å². The number of carbonyl (C=O) groups is 3. The normalized spacial score (nSPS) is 30.0. The molecule has 212 valence electrons. The molecule has 3 heterocycles. The van der Waals surface area contributed by atoms with Gasteiger partial charge in [0.2, 0.25) is 5.91 Å². The Morgan fingerprint density at radius 1 is 1.31 bits per heavy atom. The van der Waals surface area contributed by atoms with Gasteiger partial charge in [0.25, 0.3) is 5.91 Å². The number of ether oxygens (including phenoxy) is 1. The highest BCUT2D eigenvalue weighted by molar-refractivity contribution is 5.95. The van der Waals surface area contributed by atoms with Gasteiger partial charge in [-0.15, -0.1) is 0 Å². The number of hydrogen-bond acceptors (Lipinski definition) is 7. The molecule has 2 bridgehead atoms. The number of aromatic nitrogens is 1. The predicted octanol–water partition coefficient (Wildman–Crippen LogP) is 3.47. The van der Waals surface area contributed by atoms with Gasteiger partial charge in [-0.25, -0.2) is 9.78 Å². The second-order valence-electron chi connectivity index (χ2n) is 10.3. The van der Waals surface area contributed by atoms with E-state index in [0.717, 1.165) is 5.57 Å². The quantitative estimate of drug-likeness (QED) is 0.433. The number of alkyl halides is 1. The summed E-state index contributed by atoms with van der Waals surface area (Å²) in [5, 5.41) is 13.1. The van der Waals surface area contributed by atoms with Gasteiger partial charge >= 0.3 is 5.97 Å². The van der Waals surface area contributed by atoms with Crippen LogP contribution in [0.2, 0.25) is 0 Å². The van der Waals surface area contributed by atoms with E-state index in [1.807, 2.05) is 6.92 Å². The third kappa shape index (κ3) is 8.48. The average Bonchev–Trinajstić information content (AvgIpc) is 3.57. The van der Waals surface area contributed by atoms with E-state index < -0.39 is 48.6 Å². The van der Waals surface area contributed by atoms with Crippen LogP contribution in [0.5, 0.6) is 0 Å². The average molecular weight is 544 g/mol. The Balaban J connectivity index is 1.87. The maximum atomic E-state index is 13.7. The topological polar surface area (TPSA) is 122 Å². The lowest BCUT2D eigenvalue weighted by Gasteiger charge is -2.29. The van der Waals surface area contributed by atoms with Crippen LogP contribution in [0.15, 0.2) is 58.8 Å². The number of cyclic esters (lactones) is 1. The van der Waals surface area contributed by atoms with Crippen molar-refractivity contribution in [3.8, 4) is 0 Å². The molecule has 5 unspecified atom stereocenters. The fourth-order valence-electron chi connectivity index (χ4n) is 4.75. The molecule has 39 heavy (non-hydrogen) atoms. The van der Waals surface area contributed by atoms with Gasteiger partial charge in [-0.3, -0.25) is 14.0 Å². The monoisotopic (exact) mass is 543 g/mol. The second-order valence-corrected chi connectivity index (χ2v) is 10.3. The zero-order valence-electron chi connectivity index (χ0n) is 22.8. The number of oxazole rings is 1. The van der Waals surface area contributed by atoms with Gasteiger partial charge in [0.1, 0.15) is 18.4 Å². The summed E-state index contributed by atoms with van der Waals surface area (Å²) in [5.74, 6) is -2.21. The van der Waals surface area contributed by atoms with Crippen molar-refractivity contribution in [1.29, 1.82) is 0 Å². The van der Waals surface area contributed by atoms with E-state index >= 15 is 0 Å². The Bertz CT molecular complexity index is 1140. The van der Waals surface area contributed by atoms with Crippen molar-refractivity contribution in [2.75, 3.05) is 19.8 Å². The summed E-state index contributed by atoms with van der Waals surface area (Å²) < 4.78 is 24.9. The van der Waals surface area contributed by atoms with Gasteiger partial charge in [0.15, 0.2) is 11.6 Å². The summed E-state index contributed by atoms with van der Waals surface area (Å²) in [6.45, 7) is 9.10. The maximum Gasteiger partial charge on any atom is 0.329 e. The Labute approximate surface area is 228 Å². The minimum Gasteiger partial charge on any atom is -0.460 e. The Kier molecular flexibility index (Phi) is 10.8. The highest BCUT2D eigenvalue weighted by Crippen LogP contribution is 2.26. The molecule has 0 aliphatic carbocycles. The largest absolute Gasteiger partial charge is 0.460 e. The van der Waals surface area contributed by atoms with Gasteiger partial charge in [-0.05, 0) is 32.3 Å². The SMILES string of the molecule is C=C1Cc2nc(co2)C(=O)N2CCCC2C(=O)OC(C(C)CF)C(C)/C=C/C(=O)NC/C=C/C(C)=C/C(O)C1. The van der Waals surface area contributed by atoms with Crippen LogP contribution in [-0.2, 0) is 20.7 Å². The molecule has 0 aromatic carbocycles. The van der Waals surface area contributed by atoms with Gasteiger partial charge in [0.05, 0.1) is 12.8 Å². The van der Waals surface area contributed by atoms with Crippen LogP contribution < -0.4 is 5.32 Å². The fraction of sp³-hybridized carbons (Fsp3) is 0.517. The molecule has 1 fully saturated rings. The Morgan fingerprint density at radius 2 is 2.08 bits per heavy atom. The maximum absolute atomic E-state index is 13.7. The summed E-state index contributed by atoms with van der Waals surface area (Å²) >= 11 is 0. The smallest absolute Gasteiger partial charge is 0.329 e. The molecule has 3 rings (SSSR count). The zero-order valence-corrected chi connectivity index (χ0v) is 22.8. The van der Waals surface area contributed by atoms with Crippen LogP contribution in [-0.4, -0.2) is 70.8 Å². The first-order valence-corrected chi connectivity index (χ1v) is 13.3. The second kappa shape index (κ2) is 14.0. The highest BCUT2D eigenvalue weighted by Gasteiger charge is 2.39. The van der Waals surface area contributed by atoms with Crippen LogP contribution >= 0.6 is 0 Å². The standard InChI is InChI=1S/C29H38FN3O6/c1-18-7-5-11-31-25(35)10-9-20(3)27(21(4)16-30)39-29(37)24-8-6-12-33(24)28(36)23-17-38-26(32-23)15-19(2)14-22(34)13-18/h5,7,9-10,13,17,20-22,24,27,34H,2,6,8,11-12,14-16H2,1,3-4H3,(H,31,35)/b7-5+,10-9+,18-13+. The molecular formula is C29H38FN3O6. The van der Waals surface area contributed by atoms with E-state index in [9.17, 15) is 23.9 Å². The van der Waals surface area contributed by atoms with Crippen molar-refractivity contribution in [3.63, 3.8) is 0 Å². The molecule has 2 aliphatic heterocycles. The first kappa shape index (κ1) is 30.0. The number of amides is 2. The molecule has 0 spiro atoms. The minimum absolute atomic E-state index is 0.0632. The fourth-order valence-corrected chi connectivity index (χ4v) is 4.75. The molecule has 2 N–H and O–H groups in total. The molecular weight excluding hydrogens is 505 g/mol. The number of fused-ring (bicyclic) bond motifs is 3. The molecule has 2 aliphatic rings. The van der Waals surface area contributed by atoms with Crippen LogP contribution in [0.25, 0.3) is 0 Å². The van der Waals surface area contributed by atoms with E-state index in [0.29, 0.717) is 25.0 Å². The first-order chi connectivity index (χ1) is 18.6. The van der Waals surface area contributed by atoms with Crippen LogP contribution in [0.3, 0.4) is 0 Å². The molecule has 1 saturated heterocycles. The number of aliphatic hydroxyl groups is 1. The van der Waals surface area contributed by atoms with E-state index in [2.05, 4.69) is 16.9 Å². The summed E-state index contributed by atoms with van der Waals surface area (Å²) in [6.07, 6.45) is 9.31. The third-order valence-electron chi connectivity index (χ3n) is 6.81. The third-order valence-corrected chi connectivity index (χ3v) is 6.81. The summed E-state index contributed by atoms with van der Waals surface area (Å²) in [7, 11) is 0. The lowest BCUT2D eigenvalue weighted by molar-refractivity contribution is -0.158. The molecule has 2 amide bonds. The number of hydrogen-bond donors (Lipinski definition) is 2. The zero-order chi connectivity index (χ0) is 28.5. The van der Waals surface area contributed by atoms with Crippen molar-refractivity contribution in [2.24, 2.45) is 11.8 Å². The van der Waals surface area contributed by atoms with Crippen LogP contribution in [0.1, 0.15) is 56.4 Å².